The Bertz CT molecular complexity index is 298. The van der Waals surface area contributed by atoms with Gasteiger partial charge >= 0.3 is 5.97 Å². The lowest BCUT2D eigenvalue weighted by atomic mass is 10.1. The molecule has 0 bridgehead atoms. The van der Waals surface area contributed by atoms with Crippen LogP contribution in [0.4, 0.5) is 0 Å². The molecule has 0 saturated heterocycles. The molecule has 0 aliphatic carbocycles. The van der Waals surface area contributed by atoms with E-state index in [0.29, 0.717) is 17.4 Å². The fourth-order valence-electron chi connectivity index (χ4n) is 2.85. The van der Waals surface area contributed by atoms with Crippen LogP contribution in [0, 0.1) is 0 Å². The number of rotatable bonds is 11. The number of carboxylic acid groups (broad SMARTS) is 1. The average Bonchev–Trinajstić information content (AvgIpc) is 2.42. The largest absolute Gasteiger partial charge is 0.477 e. The van der Waals surface area contributed by atoms with Crippen molar-refractivity contribution in [1.29, 1.82) is 0 Å². The molecule has 0 heterocycles. The zero-order valence-corrected chi connectivity index (χ0v) is 13.5. The molecule has 0 aromatic heterocycles. The van der Waals surface area contributed by atoms with Gasteiger partial charge in [-0.15, -0.1) is 0 Å². The maximum absolute atomic E-state index is 11.5. The molecule has 0 aliphatic rings. The molecule has 0 radical (unpaired) electrons. The van der Waals surface area contributed by atoms with Crippen LogP contribution in [0.5, 0.6) is 0 Å². The second-order valence-electron chi connectivity index (χ2n) is 5.43. The van der Waals surface area contributed by atoms with Gasteiger partial charge < -0.3 is 14.7 Å². The molecule has 0 spiro atoms. The van der Waals surface area contributed by atoms with E-state index >= 15 is 0 Å². The molecule has 4 heteroatoms. The van der Waals surface area contributed by atoms with Gasteiger partial charge in [0.1, 0.15) is 12.6 Å². The summed E-state index contributed by atoms with van der Waals surface area (Å²) in [5, 5.41) is 19.6. The van der Waals surface area contributed by atoms with Crippen LogP contribution in [-0.2, 0) is 4.79 Å². The van der Waals surface area contributed by atoms with Gasteiger partial charge in [0.05, 0.1) is 13.1 Å². The lowest BCUT2D eigenvalue weighted by Crippen LogP contribution is -2.60. The third-order valence-electron chi connectivity index (χ3n) is 4.23. The van der Waals surface area contributed by atoms with Gasteiger partial charge in [0, 0.05) is 6.42 Å². The molecule has 2 atom stereocenters. The lowest BCUT2D eigenvalue weighted by Gasteiger charge is -2.42. The van der Waals surface area contributed by atoms with E-state index in [0.717, 1.165) is 32.4 Å². The van der Waals surface area contributed by atoms with Crippen LogP contribution in [0.15, 0.2) is 12.2 Å². The van der Waals surface area contributed by atoms with Gasteiger partial charge in [-0.1, -0.05) is 38.8 Å². The van der Waals surface area contributed by atoms with Crippen LogP contribution in [0.2, 0.25) is 0 Å². The van der Waals surface area contributed by atoms with Crippen molar-refractivity contribution >= 4 is 5.97 Å². The smallest absolute Gasteiger partial charge is 0.362 e. The van der Waals surface area contributed by atoms with E-state index in [2.05, 4.69) is 6.92 Å². The topological polar surface area (TPSA) is 57.5 Å². The number of carbonyl (C=O) groups is 1. The Morgan fingerprint density at radius 3 is 2.20 bits per heavy atom. The number of unbranched alkanes of at least 4 members (excludes halogenated alkanes) is 2. The van der Waals surface area contributed by atoms with E-state index in [1.165, 1.54) is 0 Å². The Morgan fingerprint density at radius 2 is 1.80 bits per heavy atom. The normalized spacial score (nSPS) is 15.4. The van der Waals surface area contributed by atoms with Crippen molar-refractivity contribution in [3.8, 4) is 0 Å². The minimum absolute atomic E-state index is 0.436. The monoisotopic (exact) mass is 286 g/mol. The number of carboxylic acids is 1. The minimum atomic E-state index is -0.765. The molecule has 4 nitrogen and oxygen atoms in total. The van der Waals surface area contributed by atoms with Crippen LogP contribution in [0.3, 0.4) is 0 Å². The minimum Gasteiger partial charge on any atom is -0.477 e. The maximum atomic E-state index is 11.5. The van der Waals surface area contributed by atoms with Gasteiger partial charge in [-0.2, -0.15) is 0 Å². The van der Waals surface area contributed by atoms with Crippen LogP contribution in [0.1, 0.15) is 53.4 Å². The summed E-state index contributed by atoms with van der Waals surface area (Å²) in [6.45, 7) is 9.97. The molecule has 0 aliphatic heterocycles. The lowest BCUT2D eigenvalue weighted by molar-refractivity contribution is -0.942. The zero-order chi connectivity index (χ0) is 15.6. The number of aliphatic carboxylic acids is 1. The van der Waals surface area contributed by atoms with Crippen molar-refractivity contribution in [1.82, 2.24) is 0 Å². The third-order valence-corrected chi connectivity index (χ3v) is 4.23. The number of allylic oxidation sites excluding steroid dienone is 1. The molecule has 20 heavy (non-hydrogen) atoms. The molecule has 0 aromatic rings. The van der Waals surface area contributed by atoms with Crippen molar-refractivity contribution in [2.45, 2.75) is 65.5 Å². The van der Waals surface area contributed by atoms with E-state index in [9.17, 15) is 15.0 Å². The molecular formula is C16H32NO3+. The highest BCUT2D eigenvalue weighted by Gasteiger charge is 2.39. The molecule has 0 rings (SSSR count). The molecule has 2 N–H and O–H groups in total. The summed E-state index contributed by atoms with van der Waals surface area (Å²) in [7, 11) is 0. The van der Waals surface area contributed by atoms with E-state index in [1.807, 2.05) is 32.9 Å². The SMILES string of the molecule is CCCC/C=C/C(O)C[N+](CC)(CC)C(CC)C(=O)O. The molecule has 0 aromatic carbocycles. The first-order valence-electron chi connectivity index (χ1n) is 7.90. The second kappa shape index (κ2) is 9.94. The van der Waals surface area contributed by atoms with E-state index < -0.39 is 18.1 Å². The Balaban J connectivity index is 4.82. The molecule has 0 amide bonds. The summed E-state index contributed by atoms with van der Waals surface area (Å²) in [6.07, 6.45) is 7.09. The summed E-state index contributed by atoms with van der Waals surface area (Å²) in [4.78, 5) is 11.5. The van der Waals surface area contributed by atoms with Gasteiger partial charge in [0.2, 0.25) is 0 Å². The van der Waals surface area contributed by atoms with Crippen molar-refractivity contribution < 1.29 is 19.5 Å². The standard InChI is InChI=1S/C16H31NO3/c1-5-9-10-11-12-14(18)13-17(7-3,8-4)15(6-2)16(19)20/h11-12,14-15,18H,5-10,13H2,1-4H3/p+1/b12-11+. The third kappa shape index (κ3) is 5.63. The Morgan fingerprint density at radius 1 is 1.20 bits per heavy atom. The number of quaternary nitrogens is 1. The number of nitrogens with zero attached hydrogens (tertiary/aromatic N) is 1. The van der Waals surface area contributed by atoms with Gasteiger partial charge in [0.25, 0.3) is 0 Å². The molecule has 2 unspecified atom stereocenters. The second-order valence-corrected chi connectivity index (χ2v) is 5.43. The molecule has 0 fully saturated rings. The van der Waals surface area contributed by atoms with E-state index in [4.69, 9.17) is 0 Å². The number of hydrogen-bond donors (Lipinski definition) is 2. The van der Waals surface area contributed by atoms with E-state index in [-0.39, 0.29) is 0 Å². The Hall–Kier alpha value is -0.870. The fraction of sp³-hybridized carbons (Fsp3) is 0.812. The van der Waals surface area contributed by atoms with E-state index in [1.54, 1.807) is 0 Å². The molecular weight excluding hydrogens is 254 g/mol. The van der Waals surface area contributed by atoms with Crippen LogP contribution in [-0.4, -0.2) is 52.4 Å². The van der Waals surface area contributed by atoms with Crippen molar-refractivity contribution in [2.75, 3.05) is 19.6 Å². The number of hydrogen-bond acceptors (Lipinski definition) is 2. The zero-order valence-electron chi connectivity index (χ0n) is 13.5. The maximum Gasteiger partial charge on any atom is 0.362 e. The van der Waals surface area contributed by atoms with Crippen molar-refractivity contribution in [3.05, 3.63) is 12.2 Å². The van der Waals surface area contributed by atoms with Gasteiger partial charge in [-0.05, 0) is 20.3 Å². The van der Waals surface area contributed by atoms with Crippen molar-refractivity contribution in [3.63, 3.8) is 0 Å². The van der Waals surface area contributed by atoms with Crippen LogP contribution in [0.25, 0.3) is 0 Å². The number of aliphatic hydroxyl groups is 1. The predicted molar refractivity (Wildman–Crippen MR) is 82.6 cm³/mol. The summed E-state index contributed by atoms with van der Waals surface area (Å²) in [6, 6.07) is -0.441. The Kier molecular flexibility index (Phi) is 9.51. The van der Waals surface area contributed by atoms with Crippen molar-refractivity contribution in [2.24, 2.45) is 0 Å². The average molecular weight is 286 g/mol. The van der Waals surface area contributed by atoms with Crippen LogP contribution < -0.4 is 0 Å². The highest BCUT2D eigenvalue weighted by molar-refractivity contribution is 5.72. The van der Waals surface area contributed by atoms with Gasteiger partial charge in [-0.25, -0.2) is 4.79 Å². The number of likely N-dealkylation sites (N-methyl/N-ethyl adjacent to an activating group) is 1. The first kappa shape index (κ1) is 19.1. The summed E-state index contributed by atoms with van der Waals surface area (Å²) >= 11 is 0. The summed E-state index contributed by atoms with van der Waals surface area (Å²) in [5.74, 6) is -0.765. The fourth-order valence-corrected chi connectivity index (χ4v) is 2.85. The molecule has 118 valence electrons. The first-order valence-corrected chi connectivity index (χ1v) is 7.90. The predicted octanol–water partition coefficient (Wildman–Crippen LogP) is 2.81. The Labute approximate surface area is 123 Å². The van der Waals surface area contributed by atoms with Gasteiger partial charge in [0.15, 0.2) is 6.04 Å². The quantitative estimate of drug-likeness (QED) is 0.349. The molecule has 0 saturated carbocycles. The summed E-state index contributed by atoms with van der Waals surface area (Å²) < 4.78 is 0.436. The highest BCUT2D eigenvalue weighted by Crippen LogP contribution is 2.18. The van der Waals surface area contributed by atoms with Crippen LogP contribution >= 0.6 is 0 Å². The first-order chi connectivity index (χ1) is 9.47. The summed E-state index contributed by atoms with van der Waals surface area (Å²) in [5.41, 5.74) is 0. The highest BCUT2D eigenvalue weighted by atomic mass is 16.4. The van der Waals surface area contributed by atoms with Gasteiger partial charge in [-0.3, -0.25) is 0 Å². The number of aliphatic hydroxyl groups excluding tert-OH is 1.